The molecule has 0 aromatic heterocycles. The van der Waals surface area contributed by atoms with Gasteiger partial charge in [-0.1, -0.05) is 31.2 Å². The Labute approximate surface area is 97.8 Å². The Morgan fingerprint density at radius 1 is 1.12 bits per heavy atom. The highest BCUT2D eigenvalue weighted by atomic mass is 16.4. The third kappa shape index (κ3) is 1.58. The number of benzene rings is 2. The molecule has 88 valence electrons. The second-order valence-corrected chi connectivity index (χ2v) is 3.76. The number of rotatable bonds is 2. The van der Waals surface area contributed by atoms with E-state index in [1.165, 1.54) is 0 Å². The van der Waals surface area contributed by atoms with Crippen LogP contribution < -0.4 is 0 Å². The van der Waals surface area contributed by atoms with Crippen LogP contribution in [-0.4, -0.2) is 21.3 Å². The van der Waals surface area contributed by atoms with Gasteiger partial charge in [0.15, 0.2) is 0 Å². The van der Waals surface area contributed by atoms with E-state index in [1.807, 2.05) is 6.92 Å². The first-order chi connectivity index (χ1) is 8.07. The van der Waals surface area contributed by atoms with Gasteiger partial charge in [-0.3, -0.25) is 0 Å². The predicted octanol–water partition coefficient (Wildman–Crippen LogP) is 2.51. The molecule has 2 aromatic carbocycles. The topological polar surface area (TPSA) is 77.8 Å². The van der Waals surface area contributed by atoms with Crippen LogP contribution in [0.5, 0.6) is 11.5 Å². The minimum atomic E-state index is -1.33. The van der Waals surface area contributed by atoms with Crippen molar-refractivity contribution in [2.75, 3.05) is 0 Å². The Kier molecular flexibility index (Phi) is 2.63. The SMILES string of the molecule is CCc1c(O)c(C(=O)O)c(O)c2ccccc12. The summed E-state index contributed by atoms with van der Waals surface area (Å²) >= 11 is 0. The lowest BCUT2D eigenvalue weighted by atomic mass is 9.96. The van der Waals surface area contributed by atoms with Crippen LogP contribution in [0, 0.1) is 0 Å². The van der Waals surface area contributed by atoms with E-state index in [0.29, 0.717) is 22.8 Å². The number of carboxylic acids is 1. The first kappa shape index (κ1) is 11.3. The van der Waals surface area contributed by atoms with E-state index in [1.54, 1.807) is 24.3 Å². The van der Waals surface area contributed by atoms with Gasteiger partial charge in [-0.05, 0) is 11.8 Å². The fourth-order valence-corrected chi connectivity index (χ4v) is 2.04. The Balaban J connectivity index is 2.99. The predicted molar refractivity (Wildman–Crippen MR) is 63.6 cm³/mol. The number of aromatic carboxylic acids is 1. The Hall–Kier alpha value is -2.23. The molecule has 0 aliphatic carbocycles. The van der Waals surface area contributed by atoms with Gasteiger partial charge < -0.3 is 15.3 Å². The zero-order valence-corrected chi connectivity index (χ0v) is 9.27. The molecular weight excluding hydrogens is 220 g/mol. The van der Waals surface area contributed by atoms with Crippen LogP contribution >= 0.6 is 0 Å². The van der Waals surface area contributed by atoms with Gasteiger partial charge in [-0.2, -0.15) is 0 Å². The molecule has 0 bridgehead atoms. The summed E-state index contributed by atoms with van der Waals surface area (Å²) in [6.07, 6.45) is 0.493. The summed E-state index contributed by atoms with van der Waals surface area (Å²) in [6, 6.07) is 6.87. The van der Waals surface area contributed by atoms with Crippen LogP contribution in [0.2, 0.25) is 0 Å². The molecular formula is C13H12O4. The van der Waals surface area contributed by atoms with E-state index < -0.39 is 11.5 Å². The standard InChI is InChI=1S/C13H12O4/c1-2-7-8-5-3-4-6-9(8)12(15)10(11(7)14)13(16)17/h3-6,14-15H,2H2,1H3,(H,16,17). The molecule has 0 spiro atoms. The summed E-state index contributed by atoms with van der Waals surface area (Å²) < 4.78 is 0. The van der Waals surface area contributed by atoms with Gasteiger partial charge in [0, 0.05) is 10.9 Å². The van der Waals surface area contributed by atoms with Gasteiger partial charge >= 0.3 is 5.97 Å². The van der Waals surface area contributed by atoms with Crippen molar-refractivity contribution in [1.82, 2.24) is 0 Å². The molecule has 17 heavy (non-hydrogen) atoms. The lowest BCUT2D eigenvalue weighted by Crippen LogP contribution is -2.01. The number of carbonyl (C=O) groups is 1. The maximum absolute atomic E-state index is 11.0. The fraction of sp³-hybridized carbons (Fsp3) is 0.154. The first-order valence-electron chi connectivity index (χ1n) is 5.26. The average Bonchev–Trinajstić information content (AvgIpc) is 2.29. The number of aromatic hydroxyl groups is 2. The molecule has 4 nitrogen and oxygen atoms in total. The summed E-state index contributed by atoms with van der Waals surface area (Å²) in [6.45, 7) is 1.82. The Morgan fingerprint density at radius 3 is 2.24 bits per heavy atom. The van der Waals surface area contributed by atoms with E-state index in [-0.39, 0.29) is 11.5 Å². The van der Waals surface area contributed by atoms with Gasteiger partial charge in [0.25, 0.3) is 0 Å². The van der Waals surface area contributed by atoms with Crippen molar-refractivity contribution in [3.63, 3.8) is 0 Å². The number of hydrogen-bond donors (Lipinski definition) is 3. The van der Waals surface area contributed by atoms with E-state index >= 15 is 0 Å². The highest BCUT2D eigenvalue weighted by Gasteiger charge is 2.22. The van der Waals surface area contributed by atoms with Crippen molar-refractivity contribution in [2.24, 2.45) is 0 Å². The van der Waals surface area contributed by atoms with Crippen molar-refractivity contribution in [3.8, 4) is 11.5 Å². The molecule has 0 unspecified atom stereocenters. The van der Waals surface area contributed by atoms with E-state index in [9.17, 15) is 15.0 Å². The van der Waals surface area contributed by atoms with Crippen molar-refractivity contribution in [1.29, 1.82) is 0 Å². The van der Waals surface area contributed by atoms with E-state index in [4.69, 9.17) is 5.11 Å². The summed E-state index contributed by atoms with van der Waals surface area (Å²) in [5.74, 6) is -2.07. The van der Waals surface area contributed by atoms with Crippen LogP contribution in [0.15, 0.2) is 24.3 Å². The molecule has 0 aliphatic heterocycles. The molecule has 0 amide bonds. The van der Waals surface area contributed by atoms with Gasteiger partial charge in [0.1, 0.15) is 17.1 Å². The van der Waals surface area contributed by atoms with Crippen LogP contribution in [0.4, 0.5) is 0 Å². The minimum absolute atomic E-state index is 0.351. The zero-order chi connectivity index (χ0) is 12.6. The smallest absolute Gasteiger partial charge is 0.343 e. The number of aryl methyl sites for hydroxylation is 1. The highest BCUT2D eigenvalue weighted by Crippen LogP contribution is 2.39. The first-order valence-corrected chi connectivity index (χ1v) is 5.26. The highest BCUT2D eigenvalue weighted by molar-refractivity contribution is 6.05. The second-order valence-electron chi connectivity index (χ2n) is 3.76. The Bertz CT molecular complexity index is 602. The maximum Gasteiger partial charge on any atom is 0.343 e. The monoisotopic (exact) mass is 232 g/mol. The van der Waals surface area contributed by atoms with Crippen molar-refractivity contribution < 1.29 is 20.1 Å². The molecule has 0 heterocycles. The summed E-state index contributed by atoms with van der Waals surface area (Å²) in [5, 5.41) is 29.9. The van der Waals surface area contributed by atoms with Crippen molar-refractivity contribution >= 4 is 16.7 Å². The molecule has 2 rings (SSSR count). The molecule has 3 N–H and O–H groups in total. The third-order valence-corrected chi connectivity index (χ3v) is 2.83. The molecule has 0 saturated heterocycles. The van der Waals surface area contributed by atoms with Gasteiger partial charge in [-0.15, -0.1) is 0 Å². The number of phenols is 2. The van der Waals surface area contributed by atoms with Gasteiger partial charge in [-0.25, -0.2) is 4.79 Å². The quantitative estimate of drug-likeness (QED) is 0.743. The second kappa shape index (κ2) is 3.97. The summed E-state index contributed by atoms with van der Waals surface area (Å²) in [4.78, 5) is 11.0. The van der Waals surface area contributed by atoms with Crippen molar-refractivity contribution in [2.45, 2.75) is 13.3 Å². The molecule has 2 aromatic rings. The zero-order valence-electron chi connectivity index (χ0n) is 9.27. The molecule has 0 aliphatic rings. The number of fused-ring (bicyclic) bond motifs is 1. The fourth-order valence-electron chi connectivity index (χ4n) is 2.04. The Morgan fingerprint density at radius 2 is 1.71 bits per heavy atom. The molecule has 0 saturated carbocycles. The van der Waals surface area contributed by atoms with Crippen LogP contribution in [-0.2, 0) is 6.42 Å². The van der Waals surface area contributed by atoms with E-state index in [0.717, 1.165) is 0 Å². The minimum Gasteiger partial charge on any atom is -0.507 e. The largest absolute Gasteiger partial charge is 0.507 e. The van der Waals surface area contributed by atoms with Gasteiger partial charge in [0.2, 0.25) is 0 Å². The number of carboxylic acid groups (broad SMARTS) is 1. The normalized spacial score (nSPS) is 10.6. The molecule has 0 fully saturated rings. The van der Waals surface area contributed by atoms with Crippen LogP contribution in [0.1, 0.15) is 22.8 Å². The maximum atomic E-state index is 11.0. The summed E-state index contributed by atoms with van der Waals surface area (Å²) in [7, 11) is 0. The van der Waals surface area contributed by atoms with Gasteiger partial charge in [0.05, 0.1) is 0 Å². The molecule has 0 atom stereocenters. The third-order valence-electron chi connectivity index (χ3n) is 2.83. The lowest BCUT2D eigenvalue weighted by molar-refractivity contribution is 0.0690. The molecule has 4 heteroatoms. The van der Waals surface area contributed by atoms with E-state index in [2.05, 4.69) is 0 Å². The number of hydrogen-bond acceptors (Lipinski definition) is 3. The average molecular weight is 232 g/mol. The van der Waals surface area contributed by atoms with Crippen LogP contribution in [0.3, 0.4) is 0 Å². The van der Waals surface area contributed by atoms with Crippen LogP contribution in [0.25, 0.3) is 10.8 Å². The lowest BCUT2D eigenvalue weighted by Gasteiger charge is -2.12. The van der Waals surface area contributed by atoms with Crippen molar-refractivity contribution in [3.05, 3.63) is 35.4 Å². The summed E-state index contributed by atoms with van der Waals surface area (Å²) in [5.41, 5.74) is 0.108. The molecule has 0 radical (unpaired) electrons.